The molecule has 1 N–H and O–H groups in total. The first-order valence-electron chi connectivity index (χ1n) is 12.8. The molecule has 206 valence electrons. The van der Waals surface area contributed by atoms with Crippen molar-refractivity contribution in [3.8, 4) is 0 Å². The fourth-order valence-electron chi connectivity index (χ4n) is 4.75. The van der Waals surface area contributed by atoms with E-state index in [1.54, 1.807) is 7.11 Å². The highest BCUT2D eigenvalue weighted by Crippen LogP contribution is 2.48. The molecule has 0 radical (unpaired) electrons. The van der Waals surface area contributed by atoms with E-state index in [0.717, 1.165) is 36.8 Å². The molecule has 3 atom stereocenters. The third-order valence-corrected chi connectivity index (χ3v) is 9.11. The van der Waals surface area contributed by atoms with E-state index in [-0.39, 0.29) is 24.1 Å². The van der Waals surface area contributed by atoms with Crippen LogP contribution in [0.3, 0.4) is 0 Å². The smallest absolute Gasteiger partial charge is 0.311 e. The molecule has 0 saturated heterocycles. The minimum Gasteiger partial charge on any atom is -0.598 e. The standard InChI is InChI=1S/C28H46ClNO5S/c1-26(2,3)13-12-20-10-11-22(16-23(20)29)28(7,30-36(32)27(4,5)6)24(25(31)34-9)21-14-19(15-21)17-35-18-33-8/h10-11,16,19,21,24,30H,12-15,17-18H2,1-9H3/t19?,21?,24-,28-,36+/m1/s1. The van der Waals surface area contributed by atoms with Gasteiger partial charge < -0.3 is 18.8 Å². The van der Waals surface area contributed by atoms with Crippen LogP contribution in [-0.4, -0.2) is 42.9 Å². The van der Waals surface area contributed by atoms with E-state index in [1.807, 2.05) is 45.9 Å². The summed E-state index contributed by atoms with van der Waals surface area (Å²) in [5, 5.41) is 0.661. The molecule has 0 aliphatic heterocycles. The predicted octanol–water partition coefficient (Wildman–Crippen LogP) is 6.02. The Labute approximate surface area is 226 Å². The number of rotatable bonds is 12. The Balaban J connectivity index is 2.42. The summed E-state index contributed by atoms with van der Waals surface area (Å²) in [7, 11) is 3.01. The minimum absolute atomic E-state index is 0.0578. The van der Waals surface area contributed by atoms with Crippen molar-refractivity contribution in [2.24, 2.45) is 23.2 Å². The molecule has 8 heteroatoms. The molecule has 0 amide bonds. The number of nitrogens with one attached hydrogen (secondary N) is 1. The van der Waals surface area contributed by atoms with Gasteiger partial charge in [0.05, 0.1) is 25.2 Å². The Morgan fingerprint density at radius 3 is 2.31 bits per heavy atom. The summed E-state index contributed by atoms with van der Waals surface area (Å²) in [5.74, 6) is -0.450. The zero-order chi connectivity index (χ0) is 27.3. The molecule has 1 saturated carbocycles. The monoisotopic (exact) mass is 543 g/mol. The highest BCUT2D eigenvalue weighted by molar-refractivity contribution is 7.90. The summed E-state index contributed by atoms with van der Waals surface area (Å²) in [5.41, 5.74) is 1.16. The molecule has 1 aliphatic rings. The van der Waals surface area contributed by atoms with Crippen LogP contribution in [0.2, 0.25) is 5.02 Å². The first-order chi connectivity index (χ1) is 16.6. The molecular weight excluding hydrogens is 498 g/mol. The van der Waals surface area contributed by atoms with Crippen molar-refractivity contribution < 1.29 is 23.6 Å². The number of ether oxygens (including phenoxy) is 3. The number of halogens is 1. The minimum atomic E-state index is -1.42. The van der Waals surface area contributed by atoms with Gasteiger partial charge >= 0.3 is 5.97 Å². The van der Waals surface area contributed by atoms with E-state index in [1.165, 1.54) is 7.11 Å². The second kappa shape index (κ2) is 12.8. The molecule has 1 aromatic carbocycles. The van der Waals surface area contributed by atoms with Crippen molar-refractivity contribution in [3.63, 3.8) is 0 Å². The van der Waals surface area contributed by atoms with Crippen molar-refractivity contribution in [2.45, 2.75) is 84.4 Å². The van der Waals surface area contributed by atoms with Crippen LogP contribution in [0.1, 0.15) is 78.9 Å². The van der Waals surface area contributed by atoms with Gasteiger partial charge in [0, 0.05) is 23.5 Å². The van der Waals surface area contributed by atoms with Gasteiger partial charge in [-0.05, 0) is 87.8 Å². The normalized spacial score (nSPS) is 21.9. The molecule has 36 heavy (non-hydrogen) atoms. The van der Waals surface area contributed by atoms with E-state index in [4.69, 9.17) is 25.8 Å². The molecule has 0 heterocycles. The Morgan fingerprint density at radius 2 is 1.81 bits per heavy atom. The molecule has 1 aliphatic carbocycles. The van der Waals surface area contributed by atoms with E-state index in [2.05, 4.69) is 25.5 Å². The topological polar surface area (TPSA) is 79.9 Å². The molecule has 1 fully saturated rings. The second-order valence-corrected chi connectivity index (χ2v) is 14.8. The summed E-state index contributed by atoms with van der Waals surface area (Å²) in [6.07, 6.45) is 3.52. The fraction of sp³-hybridized carbons (Fsp3) is 0.750. The number of hydrogen-bond donors (Lipinski definition) is 1. The summed E-state index contributed by atoms with van der Waals surface area (Å²) < 4.78 is 32.0. The van der Waals surface area contributed by atoms with Crippen LogP contribution in [0.4, 0.5) is 0 Å². The molecule has 0 unspecified atom stereocenters. The first-order valence-corrected chi connectivity index (χ1v) is 14.3. The van der Waals surface area contributed by atoms with Crippen LogP contribution >= 0.6 is 11.6 Å². The molecule has 1 aromatic rings. The van der Waals surface area contributed by atoms with Crippen molar-refractivity contribution in [3.05, 3.63) is 34.3 Å². The highest BCUT2D eigenvalue weighted by Gasteiger charge is 2.53. The number of benzene rings is 1. The van der Waals surface area contributed by atoms with Crippen molar-refractivity contribution in [1.82, 2.24) is 4.72 Å². The maximum absolute atomic E-state index is 13.4. The van der Waals surface area contributed by atoms with E-state index in [0.29, 0.717) is 17.5 Å². The lowest BCUT2D eigenvalue weighted by molar-refractivity contribution is -0.155. The maximum Gasteiger partial charge on any atom is 0.311 e. The number of carbonyl (C=O) groups is 1. The third kappa shape index (κ3) is 8.34. The van der Waals surface area contributed by atoms with Gasteiger partial charge in [0.15, 0.2) is 0 Å². The lowest BCUT2D eigenvalue weighted by atomic mass is 9.62. The average molecular weight is 544 g/mol. The van der Waals surface area contributed by atoms with E-state index >= 15 is 0 Å². The molecule has 2 rings (SSSR count). The van der Waals surface area contributed by atoms with Gasteiger partial charge in [-0.15, -0.1) is 4.72 Å². The third-order valence-electron chi connectivity index (χ3n) is 7.03. The lowest BCUT2D eigenvalue weighted by Gasteiger charge is -2.47. The summed E-state index contributed by atoms with van der Waals surface area (Å²) in [6.45, 7) is 15.2. The van der Waals surface area contributed by atoms with Gasteiger partial charge in [0.25, 0.3) is 0 Å². The lowest BCUT2D eigenvalue weighted by Crippen LogP contribution is -2.58. The molecule has 6 nitrogen and oxygen atoms in total. The Morgan fingerprint density at radius 1 is 1.17 bits per heavy atom. The van der Waals surface area contributed by atoms with Gasteiger partial charge in [-0.3, -0.25) is 4.79 Å². The zero-order valence-corrected chi connectivity index (χ0v) is 25.1. The van der Waals surface area contributed by atoms with E-state index < -0.39 is 27.6 Å². The number of methoxy groups -OCH3 is 2. The van der Waals surface area contributed by atoms with Gasteiger partial charge in [0.1, 0.15) is 11.5 Å². The fourth-order valence-corrected chi connectivity index (χ4v) is 5.96. The van der Waals surface area contributed by atoms with Crippen LogP contribution < -0.4 is 4.72 Å². The second-order valence-electron chi connectivity index (χ2n) is 12.4. The maximum atomic E-state index is 13.4. The molecule has 0 aromatic heterocycles. The average Bonchev–Trinajstić information content (AvgIpc) is 2.74. The highest BCUT2D eigenvalue weighted by atomic mass is 35.5. The summed E-state index contributed by atoms with van der Waals surface area (Å²) in [4.78, 5) is 13.3. The van der Waals surface area contributed by atoms with Crippen LogP contribution in [0.5, 0.6) is 0 Å². The number of hydrogen-bond acceptors (Lipinski definition) is 6. The zero-order valence-electron chi connectivity index (χ0n) is 23.5. The van der Waals surface area contributed by atoms with Crippen LogP contribution in [-0.2, 0) is 42.3 Å². The van der Waals surface area contributed by atoms with Gasteiger partial charge in [0.2, 0.25) is 0 Å². The van der Waals surface area contributed by atoms with Crippen LogP contribution in [0, 0.1) is 23.2 Å². The number of carbonyl (C=O) groups excluding carboxylic acids is 1. The van der Waals surface area contributed by atoms with Gasteiger partial charge in [-0.25, -0.2) is 0 Å². The summed E-state index contributed by atoms with van der Waals surface area (Å²) in [6, 6.07) is 5.99. The largest absolute Gasteiger partial charge is 0.598 e. The van der Waals surface area contributed by atoms with Crippen molar-refractivity contribution in [1.29, 1.82) is 0 Å². The van der Waals surface area contributed by atoms with E-state index in [9.17, 15) is 9.35 Å². The molecular formula is C28H46ClNO5S. The SMILES string of the molecule is COCOCC1CC([C@H](C(=O)OC)[C@](C)(N[S@@+]([O-])C(C)(C)C)c2ccc(CCC(C)(C)C)c(Cl)c2)C1. The first kappa shape index (κ1) is 31.4. The predicted molar refractivity (Wildman–Crippen MR) is 147 cm³/mol. The molecule has 0 spiro atoms. The van der Waals surface area contributed by atoms with Gasteiger partial charge in [-0.2, -0.15) is 0 Å². The van der Waals surface area contributed by atoms with Crippen molar-refractivity contribution in [2.75, 3.05) is 27.6 Å². The summed E-state index contributed by atoms with van der Waals surface area (Å²) >= 11 is 5.36. The van der Waals surface area contributed by atoms with Crippen LogP contribution in [0.25, 0.3) is 0 Å². The van der Waals surface area contributed by atoms with Crippen molar-refractivity contribution >= 4 is 28.9 Å². The Hall–Kier alpha value is -0.830. The van der Waals surface area contributed by atoms with Gasteiger partial charge in [-0.1, -0.05) is 44.5 Å². The van der Waals surface area contributed by atoms with Crippen LogP contribution in [0.15, 0.2) is 18.2 Å². The Bertz CT molecular complexity index is 862. The Kier molecular flexibility index (Phi) is 11.2. The molecule has 0 bridgehead atoms. The quantitative estimate of drug-likeness (QED) is 0.150. The number of aryl methyl sites for hydroxylation is 1. The number of esters is 1.